The summed E-state index contributed by atoms with van der Waals surface area (Å²) >= 11 is 11.8. The van der Waals surface area contributed by atoms with Crippen molar-refractivity contribution in [2.45, 2.75) is 10.8 Å². The standard InChI is InChI=1S/C14H9Cl2N3O2S/c15-9-5-6-13(17-7-9)22(20)8-12-18-19-14(21-12)10-3-1-2-4-11(10)16/h1-7H,8H2. The van der Waals surface area contributed by atoms with Crippen LogP contribution in [-0.2, 0) is 16.6 Å². The predicted octanol–water partition coefficient (Wildman–Crippen LogP) is 3.75. The summed E-state index contributed by atoms with van der Waals surface area (Å²) in [6, 6.07) is 10.4. The highest BCUT2D eigenvalue weighted by Crippen LogP contribution is 2.26. The number of rotatable bonds is 4. The molecule has 3 aromatic rings. The summed E-state index contributed by atoms with van der Waals surface area (Å²) in [5.74, 6) is 0.623. The van der Waals surface area contributed by atoms with Crippen molar-refractivity contribution in [3.05, 3.63) is 58.5 Å². The Morgan fingerprint density at radius 2 is 1.91 bits per heavy atom. The number of halogens is 2. The van der Waals surface area contributed by atoms with E-state index in [-0.39, 0.29) is 11.6 Å². The molecule has 0 radical (unpaired) electrons. The van der Waals surface area contributed by atoms with Gasteiger partial charge in [-0.25, -0.2) is 4.98 Å². The smallest absolute Gasteiger partial charge is 0.249 e. The zero-order valence-corrected chi connectivity index (χ0v) is 13.4. The van der Waals surface area contributed by atoms with E-state index in [4.69, 9.17) is 27.6 Å². The minimum absolute atomic E-state index is 0.0755. The Labute approximate surface area is 138 Å². The van der Waals surface area contributed by atoms with Crippen LogP contribution in [0, 0.1) is 0 Å². The molecule has 1 atom stereocenters. The quantitative estimate of drug-likeness (QED) is 0.714. The molecule has 5 nitrogen and oxygen atoms in total. The summed E-state index contributed by atoms with van der Waals surface area (Å²) in [5.41, 5.74) is 0.637. The molecule has 0 aliphatic carbocycles. The number of aromatic nitrogens is 3. The maximum absolute atomic E-state index is 12.2. The van der Waals surface area contributed by atoms with Gasteiger partial charge in [-0.3, -0.25) is 4.21 Å². The van der Waals surface area contributed by atoms with Crippen molar-refractivity contribution in [2.75, 3.05) is 0 Å². The van der Waals surface area contributed by atoms with Crippen LogP contribution in [-0.4, -0.2) is 19.4 Å². The molecule has 0 aliphatic heterocycles. The first kappa shape index (κ1) is 15.1. The molecule has 3 rings (SSSR count). The van der Waals surface area contributed by atoms with Crippen LogP contribution in [0.5, 0.6) is 0 Å². The molecule has 0 saturated carbocycles. The Morgan fingerprint density at radius 3 is 2.64 bits per heavy atom. The molecule has 0 aliphatic rings. The van der Waals surface area contributed by atoms with Gasteiger partial charge in [-0.2, -0.15) is 0 Å². The third-order valence-corrected chi connectivity index (χ3v) is 4.53. The van der Waals surface area contributed by atoms with Gasteiger partial charge in [0, 0.05) is 6.20 Å². The van der Waals surface area contributed by atoms with Crippen LogP contribution in [0.25, 0.3) is 11.5 Å². The van der Waals surface area contributed by atoms with Gasteiger partial charge in [0.1, 0.15) is 10.8 Å². The summed E-state index contributed by atoms with van der Waals surface area (Å²) in [6.45, 7) is 0. The zero-order valence-electron chi connectivity index (χ0n) is 11.1. The molecule has 112 valence electrons. The Balaban J connectivity index is 1.78. The molecule has 0 amide bonds. The second kappa shape index (κ2) is 6.56. The summed E-state index contributed by atoms with van der Waals surface area (Å²) in [7, 11) is -1.39. The van der Waals surface area contributed by atoms with E-state index in [1.165, 1.54) is 6.20 Å². The van der Waals surface area contributed by atoms with E-state index < -0.39 is 10.8 Å². The fraction of sp³-hybridized carbons (Fsp3) is 0.0714. The molecule has 22 heavy (non-hydrogen) atoms. The van der Waals surface area contributed by atoms with Crippen LogP contribution in [0.1, 0.15) is 5.89 Å². The van der Waals surface area contributed by atoms with Crippen LogP contribution in [0.15, 0.2) is 52.0 Å². The number of hydrogen-bond acceptors (Lipinski definition) is 5. The number of benzene rings is 1. The lowest BCUT2D eigenvalue weighted by Crippen LogP contribution is -1.99. The van der Waals surface area contributed by atoms with Crippen molar-refractivity contribution < 1.29 is 8.63 Å². The van der Waals surface area contributed by atoms with Crippen LogP contribution in [0.2, 0.25) is 10.0 Å². The Kier molecular flexibility index (Phi) is 4.52. The Bertz CT molecular complexity index is 821. The average Bonchev–Trinajstić information content (AvgIpc) is 2.96. The lowest BCUT2D eigenvalue weighted by Gasteiger charge is -1.99. The van der Waals surface area contributed by atoms with Gasteiger partial charge in [0.05, 0.1) is 26.4 Å². The number of hydrogen-bond donors (Lipinski definition) is 0. The first-order valence-corrected chi connectivity index (χ1v) is 8.28. The van der Waals surface area contributed by atoms with Gasteiger partial charge in [-0.05, 0) is 24.3 Å². The summed E-state index contributed by atoms with van der Waals surface area (Å²) in [5, 5.41) is 9.23. The summed E-state index contributed by atoms with van der Waals surface area (Å²) in [4.78, 5) is 4.01. The minimum Gasteiger partial charge on any atom is -0.420 e. The largest absolute Gasteiger partial charge is 0.420 e. The summed E-state index contributed by atoms with van der Waals surface area (Å²) < 4.78 is 17.7. The highest BCUT2D eigenvalue weighted by atomic mass is 35.5. The van der Waals surface area contributed by atoms with Crippen molar-refractivity contribution in [3.63, 3.8) is 0 Å². The molecule has 1 unspecified atom stereocenters. The van der Waals surface area contributed by atoms with Crippen LogP contribution in [0.4, 0.5) is 0 Å². The molecule has 0 N–H and O–H groups in total. The molecular formula is C14H9Cl2N3O2S. The molecule has 2 heterocycles. The Hall–Kier alpha value is -1.76. The van der Waals surface area contributed by atoms with E-state index in [2.05, 4.69) is 15.2 Å². The first-order valence-electron chi connectivity index (χ1n) is 6.20. The van der Waals surface area contributed by atoms with Gasteiger partial charge in [0.25, 0.3) is 0 Å². The fourth-order valence-corrected chi connectivity index (χ4v) is 2.95. The highest BCUT2D eigenvalue weighted by molar-refractivity contribution is 7.84. The summed E-state index contributed by atoms with van der Waals surface area (Å²) in [6.07, 6.45) is 1.44. The molecule has 0 spiro atoms. The van der Waals surface area contributed by atoms with Crippen molar-refractivity contribution in [3.8, 4) is 11.5 Å². The topological polar surface area (TPSA) is 68.9 Å². The normalized spacial score (nSPS) is 12.3. The monoisotopic (exact) mass is 353 g/mol. The van der Waals surface area contributed by atoms with Gasteiger partial charge in [0.2, 0.25) is 11.8 Å². The van der Waals surface area contributed by atoms with Crippen molar-refractivity contribution in [1.29, 1.82) is 0 Å². The van der Waals surface area contributed by atoms with Crippen LogP contribution < -0.4 is 0 Å². The van der Waals surface area contributed by atoms with E-state index in [1.54, 1.807) is 24.3 Å². The number of nitrogens with zero attached hydrogens (tertiary/aromatic N) is 3. The Morgan fingerprint density at radius 1 is 1.09 bits per heavy atom. The van der Waals surface area contributed by atoms with E-state index in [9.17, 15) is 4.21 Å². The maximum Gasteiger partial charge on any atom is 0.249 e. The molecule has 0 fully saturated rings. The predicted molar refractivity (Wildman–Crippen MR) is 84.1 cm³/mol. The maximum atomic E-state index is 12.2. The third kappa shape index (κ3) is 3.35. The molecule has 8 heteroatoms. The van der Waals surface area contributed by atoms with Gasteiger partial charge in [-0.15, -0.1) is 10.2 Å². The molecular weight excluding hydrogens is 345 g/mol. The molecule has 0 saturated heterocycles. The van der Waals surface area contributed by atoms with E-state index in [1.807, 2.05) is 12.1 Å². The first-order chi connectivity index (χ1) is 10.6. The van der Waals surface area contributed by atoms with Gasteiger partial charge in [0.15, 0.2) is 0 Å². The van der Waals surface area contributed by atoms with E-state index in [0.717, 1.165) is 0 Å². The van der Waals surface area contributed by atoms with Crippen molar-refractivity contribution in [2.24, 2.45) is 0 Å². The molecule has 2 aromatic heterocycles. The SMILES string of the molecule is O=S(Cc1nnc(-c2ccccc2Cl)o1)c1ccc(Cl)cn1. The molecule has 1 aromatic carbocycles. The van der Waals surface area contributed by atoms with Gasteiger partial charge in [-0.1, -0.05) is 35.3 Å². The zero-order chi connectivity index (χ0) is 15.5. The van der Waals surface area contributed by atoms with Crippen LogP contribution >= 0.6 is 23.2 Å². The second-order valence-electron chi connectivity index (χ2n) is 4.29. The minimum atomic E-state index is -1.39. The third-order valence-electron chi connectivity index (χ3n) is 2.76. The average molecular weight is 354 g/mol. The highest BCUT2D eigenvalue weighted by Gasteiger charge is 2.15. The lowest BCUT2D eigenvalue weighted by molar-refractivity contribution is 0.525. The lowest BCUT2D eigenvalue weighted by atomic mass is 10.2. The van der Waals surface area contributed by atoms with Gasteiger partial charge >= 0.3 is 0 Å². The van der Waals surface area contributed by atoms with Gasteiger partial charge < -0.3 is 4.42 Å². The number of pyridine rings is 1. The van der Waals surface area contributed by atoms with E-state index >= 15 is 0 Å². The van der Waals surface area contributed by atoms with Crippen molar-refractivity contribution in [1.82, 2.24) is 15.2 Å². The second-order valence-corrected chi connectivity index (χ2v) is 6.53. The van der Waals surface area contributed by atoms with Crippen LogP contribution in [0.3, 0.4) is 0 Å². The molecule has 0 bridgehead atoms. The fourth-order valence-electron chi connectivity index (χ4n) is 1.74. The van der Waals surface area contributed by atoms with E-state index in [0.29, 0.717) is 26.5 Å². The van der Waals surface area contributed by atoms with Crippen molar-refractivity contribution >= 4 is 34.0 Å².